The highest BCUT2D eigenvalue weighted by Crippen LogP contribution is 2.33. The first kappa shape index (κ1) is 25.0. The van der Waals surface area contributed by atoms with E-state index in [-0.39, 0.29) is 10.0 Å². The molecular formula is C24H23F2N5O2S2. The molecule has 4 aromatic heterocycles. The largest absolute Gasteiger partial charge is 0.280 e. The lowest BCUT2D eigenvalue weighted by Gasteiger charge is -2.19. The molecule has 1 N–H and O–H groups in total. The molecule has 182 valence electrons. The lowest BCUT2D eigenvalue weighted by molar-refractivity contribution is 0.146. The summed E-state index contributed by atoms with van der Waals surface area (Å²) in [5.41, 5.74) is 1.65. The van der Waals surface area contributed by atoms with Crippen LogP contribution in [0.1, 0.15) is 38.6 Å². The van der Waals surface area contributed by atoms with E-state index in [0.717, 1.165) is 17.0 Å². The van der Waals surface area contributed by atoms with E-state index in [0.29, 0.717) is 27.4 Å². The Bertz CT molecular complexity index is 1460. The van der Waals surface area contributed by atoms with Gasteiger partial charge >= 0.3 is 0 Å². The number of rotatable bonds is 6. The second-order valence-electron chi connectivity index (χ2n) is 8.89. The van der Waals surface area contributed by atoms with E-state index in [1.54, 1.807) is 57.3 Å². The number of alkyl halides is 2. The minimum absolute atomic E-state index is 0.112. The van der Waals surface area contributed by atoms with Crippen molar-refractivity contribution in [3.8, 4) is 33.2 Å². The van der Waals surface area contributed by atoms with Gasteiger partial charge in [-0.2, -0.15) is 0 Å². The summed E-state index contributed by atoms with van der Waals surface area (Å²) < 4.78 is 55.3. The van der Waals surface area contributed by atoms with Crippen LogP contribution >= 0.6 is 11.3 Å². The highest BCUT2D eigenvalue weighted by Gasteiger charge is 2.24. The molecule has 0 atom stereocenters. The molecule has 4 heterocycles. The molecule has 0 aromatic carbocycles. The van der Waals surface area contributed by atoms with Gasteiger partial charge in [-0.3, -0.25) is 9.97 Å². The number of halogens is 2. The molecular weight excluding hydrogens is 492 g/mol. The summed E-state index contributed by atoms with van der Waals surface area (Å²) in [5, 5.41) is 0. The number of sulfonamides is 1. The molecule has 11 heteroatoms. The number of nitrogens with zero attached hydrogens (tertiary/aromatic N) is 4. The van der Waals surface area contributed by atoms with E-state index in [1.807, 2.05) is 6.92 Å². The van der Waals surface area contributed by atoms with Crippen LogP contribution in [0, 0.1) is 6.92 Å². The van der Waals surface area contributed by atoms with E-state index in [9.17, 15) is 17.2 Å². The van der Waals surface area contributed by atoms with Crippen LogP contribution in [0.5, 0.6) is 0 Å². The zero-order valence-electron chi connectivity index (χ0n) is 19.5. The summed E-state index contributed by atoms with van der Waals surface area (Å²) in [6.07, 6.45) is 0.307. The van der Waals surface area contributed by atoms with E-state index in [2.05, 4.69) is 24.7 Å². The van der Waals surface area contributed by atoms with Gasteiger partial charge in [0.2, 0.25) is 0 Å². The number of nitrogens with one attached hydrogen (secondary N) is 1. The van der Waals surface area contributed by atoms with Gasteiger partial charge in [0.1, 0.15) is 9.90 Å². The van der Waals surface area contributed by atoms with Crippen molar-refractivity contribution in [2.45, 2.75) is 43.9 Å². The van der Waals surface area contributed by atoms with Gasteiger partial charge in [-0.25, -0.2) is 31.9 Å². The number of hydrogen-bond donors (Lipinski definition) is 1. The van der Waals surface area contributed by atoms with Crippen LogP contribution in [0.2, 0.25) is 0 Å². The first-order valence-corrected chi connectivity index (χ1v) is 12.9. The number of hydrogen-bond acceptors (Lipinski definition) is 7. The molecule has 0 aliphatic carbocycles. The standard InChI is InChI=1S/C24H23F2N5O2S2/c1-14-5-6-16(13-28-14)17-12-19(22(25)26)30-23(29-17)15-9-10-27-18(11-15)20-7-8-21(34-20)35(32,33)31-24(2,3)4/h5-13,22,31H,1-4H3. The quantitative estimate of drug-likeness (QED) is 0.356. The van der Waals surface area contributed by atoms with Gasteiger partial charge in [-0.15, -0.1) is 11.3 Å². The molecule has 0 bridgehead atoms. The van der Waals surface area contributed by atoms with Crippen LogP contribution in [-0.4, -0.2) is 33.9 Å². The second kappa shape index (κ2) is 9.48. The molecule has 4 rings (SSSR count). The van der Waals surface area contributed by atoms with Gasteiger partial charge in [-0.1, -0.05) is 0 Å². The molecule has 7 nitrogen and oxygen atoms in total. The van der Waals surface area contributed by atoms with Crippen molar-refractivity contribution in [1.29, 1.82) is 0 Å². The Morgan fingerprint density at radius 1 is 0.943 bits per heavy atom. The number of thiophene rings is 1. The van der Waals surface area contributed by atoms with Gasteiger partial charge in [0.05, 0.1) is 16.3 Å². The van der Waals surface area contributed by atoms with Gasteiger partial charge in [0, 0.05) is 34.8 Å². The van der Waals surface area contributed by atoms with Crippen molar-refractivity contribution in [2.75, 3.05) is 0 Å². The number of pyridine rings is 2. The van der Waals surface area contributed by atoms with Crippen molar-refractivity contribution in [2.24, 2.45) is 0 Å². The van der Waals surface area contributed by atoms with Gasteiger partial charge in [0.15, 0.2) is 5.82 Å². The van der Waals surface area contributed by atoms with Crippen molar-refractivity contribution in [1.82, 2.24) is 24.7 Å². The first-order valence-electron chi connectivity index (χ1n) is 10.6. The fourth-order valence-corrected chi connectivity index (χ4v) is 5.93. The summed E-state index contributed by atoms with van der Waals surface area (Å²) in [6, 6.07) is 11.2. The maximum Gasteiger partial charge on any atom is 0.280 e. The summed E-state index contributed by atoms with van der Waals surface area (Å²) in [4.78, 5) is 17.7. The Hall–Kier alpha value is -3.15. The maximum atomic E-state index is 13.6. The first-order chi connectivity index (χ1) is 16.4. The molecule has 35 heavy (non-hydrogen) atoms. The van der Waals surface area contributed by atoms with Crippen LogP contribution in [0.3, 0.4) is 0 Å². The highest BCUT2D eigenvalue weighted by atomic mass is 32.2. The zero-order valence-corrected chi connectivity index (χ0v) is 21.1. The topological polar surface area (TPSA) is 97.7 Å². The smallest absolute Gasteiger partial charge is 0.261 e. The van der Waals surface area contributed by atoms with E-state index >= 15 is 0 Å². The van der Waals surface area contributed by atoms with Crippen LogP contribution in [-0.2, 0) is 10.0 Å². The number of aryl methyl sites for hydroxylation is 1. The average molecular weight is 516 g/mol. The minimum atomic E-state index is -3.70. The second-order valence-corrected chi connectivity index (χ2v) is 11.9. The van der Waals surface area contributed by atoms with E-state index in [1.165, 1.54) is 18.3 Å². The Morgan fingerprint density at radius 3 is 2.37 bits per heavy atom. The fraction of sp³-hybridized carbons (Fsp3) is 0.250. The molecule has 0 radical (unpaired) electrons. The van der Waals surface area contributed by atoms with E-state index < -0.39 is 27.7 Å². The normalized spacial score (nSPS) is 12.3. The molecule has 0 saturated heterocycles. The third-order valence-corrected chi connectivity index (χ3v) is 8.09. The summed E-state index contributed by atoms with van der Waals surface area (Å²) in [5.74, 6) is 0.112. The maximum absolute atomic E-state index is 13.6. The molecule has 0 saturated carbocycles. The van der Waals surface area contributed by atoms with Crippen LogP contribution in [0.4, 0.5) is 8.78 Å². The van der Waals surface area contributed by atoms with E-state index in [4.69, 9.17) is 0 Å². The fourth-order valence-electron chi connectivity index (χ4n) is 3.23. The molecule has 0 unspecified atom stereocenters. The van der Waals surface area contributed by atoms with Gasteiger partial charge in [0.25, 0.3) is 16.4 Å². The molecule has 0 fully saturated rings. The summed E-state index contributed by atoms with van der Waals surface area (Å²) >= 11 is 1.06. The minimum Gasteiger partial charge on any atom is -0.261 e. The lowest BCUT2D eigenvalue weighted by Crippen LogP contribution is -2.40. The van der Waals surface area contributed by atoms with Crippen molar-refractivity contribution < 1.29 is 17.2 Å². The molecule has 0 spiro atoms. The summed E-state index contributed by atoms with van der Waals surface area (Å²) in [7, 11) is -3.70. The molecule has 4 aromatic rings. The third-order valence-electron chi connectivity index (χ3n) is 4.73. The van der Waals surface area contributed by atoms with Crippen molar-refractivity contribution in [3.63, 3.8) is 0 Å². The monoisotopic (exact) mass is 515 g/mol. The van der Waals surface area contributed by atoms with Crippen LogP contribution < -0.4 is 4.72 Å². The van der Waals surface area contributed by atoms with Gasteiger partial charge in [-0.05, 0) is 70.2 Å². The SMILES string of the molecule is Cc1ccc(-c2cc(C(F)F)nc(-c3ccnc(-c4ccc(S(=O)(=O)NC(C)(C)C)s4)c3)n2)cn1. The van der Waals surface area contributed by atoms with Crippen LogP contribution in [0.25, 0.3) is 33.2 Å². The molecule has 0 aliphatic heterocycles. The summed E-state index contributed by atoms with van der Waals surface area (Å²) in [6.45, 7) is 7.12. The lowest BCUT2D eigenvalue weighted by atomic mass is 10.1. The molecule has 0 amide bonds. The predicted molar refractivity (Wildman–Crippen MR) is 132 cm³/mol. The molecule has 0 aliphatic rings. The third kappa shape index (κ3) is 5.92. The zero-order chi connectivity index (χ0) is 25.4. The Labute approximate surface area is 206 Å². The average Bonchev–Trinajstić information content (AvgIpc) is 3.29. The Balaban J connectivity index is 1.73. The number of aromatic nitrogens is 4. The Kier molecular flexibility index (Phi) is 6.76. The van der Waals surface area contributed by atoms with Crippen molar-refractivity contribution >= 4 is 21.4 Å². The predicted octanol–water partition coefficient (Wildman–Crippen LogP) is 5.65. The highest BCUT2D eigenvalue weighted by molar-refractivity contribution is 7.91. The van der Waals surface area contributed by atoms with Gasteiger partial charge < -0.3 is 0 Å². The van der Waals surface area contributed by atoms with Crippen LogP contribution in [0.15, 0.2) is 59.1 Å². The Morgan fingerprint density at radius 2 is 1.71 bits per heavy atom. The van der Waals surface area contributed by atoms with Crippen molar-refractivity contribution in [3.05, 3.63) is 66.2 Å².